The molecule has 2 aliphatic rings. The van der Waals surface area contributed by atoms with Gasteiger partial charge in [-0.3, -0.25) is 0 Å². The number of methoxy groups -OCH3 is 1. The van der Waals surface area contributed by atoms with Crippen molar-refractivity contribution in [3.63, 3.8) is 0 Å². The summed E-state index contributed by atoms with van der Waals surface area (Å²) in [5.74, 6) is -0.275. The first-order chi connectivity index (χ1) is 10.1. The van der Waals surface area contributed by atoms with Crippen molar-refractivity contribution in [2.75, 3.05) is 37.5 Å². The van der Waals surface area contributed by atoms with E-state index in [2.05, 4.69) is 17.3 Å². The molecular formula is C17H24N2O2. The second kappa shape index (κ2) is 5.58. The van der Waals surface area contributed by atoms with Crippen molar-refractivity contribution in [2.24, 2.45) is 5.41 Å². The molecule has 1 N–H and O–H groups in total. The molecule has 21 heavy (non-hydrogen) atoms. The van der Waals surface area contributed by atoms with Crippen LogP contribution in [0, 0.1) is 5.41 Å². The molecule has 114 valence electrons. The molecule has 0 radical (unpaired) electrons. The van der Waals surface area contributed by atoms with Gasteiger partial charge in [0.15, 0.2) is 0 Å². The molecular weight excluding hydrogens is 264 g/mol. The number of ether oxygens (including phenoxy) is 1. The van der Waals surface area contributed by atoms with Crippen molar-refractivity contribution in [3.8, 4) is 0 Å². The molecule has 1 saturated carbocycles. The maximum atomic E-state index is 11.7. The van der Waals surface area contributed by atoms with E-state index in [-0.39, 0.29) is 5.97 Å². The zero-order valence-corrected chi connectivity index (χ0v) is 12.9. The summed E-state index contributed by atoms with van der Waals surface area (Å²) in [6.45, 7) is 2.08. The Hall–Kier alpha value is -1.71. The van der Waals surface area contributed by atoms with Gasteiger partial charge in [0.25, 0.3) is 0 Å². The summed E-state index contributed by atoms with van der Waals surface area (Å²) in [4.78, 5) is 14.0. The summed E-state index contributed by atoms with van der Waals surface area (Å²) < 4.78 is 4.83. The third-order valence-electron chi connectivity index (χ3n) is 4.97. The summed E-state index contributed by atoms with van der Waals surface area (Å²) in [6.07, 6.45) is 6.62. The van der Waals surface area contributed by atoms with E-state index in [1.165, 1.54) is 39.2 Å². The monoisotopic (exact) mass is 288 g/mol. The zero-order valence-electron chi connectivity index (χ0n) is 12.9. The average molecular weight is 288 g/mol. The first-order valence-corrected chi connectivity index (χ1v) is 7.81. The van der Waals surface area contributed by atoms with E-state index >= 15 is 0 Å². The Balaban J connectivity index is 1.89. The van der Waals surface area contributed by atoms with Crippen molar-refractivity contribution >= 4 is 17.3 Å². The van der Waals surface area contributed by atoms with Crippen LogP contribution in [0.2, 0.25) is 0 Å². The van der Waals surface area contributed by atoms with E-state index < -0.39 is 0 Å². The molecule has 1 spiro atoms. The van der Waals surface area contributed by atoms with Crippen LogP contribution in [0.3, 0.4) is 0 Å². The van der Waals surface area contributed by atoms with Crippen LogP contribution in [-0.4, -0.2) is 33.2 Å². The molecule has 4 heteroatoms. The molecule has 0 aromatic heterocycles. The Labute approximate surface area is 126 Å². The summed E-state index contributed by atoms with van der Waals surface area (Å²) in [5.41, 5.74) is 3.20. The Morgan fingerprint density at radius 1 is 1.29 bits per heavy atom. The van der Waals surface area contributed by atoms with Crippen LogP contribution in [0.15, 0.2) is 18.2 Å². The van der Waals surface area contributed by atoms with Gasteiger partial charge in [0, 0.05) is 25.6 Å². The second-order valence-electron chi connectivity index (χ2n) is 6.49. The molecule has 1 aromatic rings. The molecule has 0 unspecified atom stereocenters. The molecule has 1 aliphatic heterocycles. The number of benzene rings is 1. The molecule has 1 aliphatic carbocycles. The minimum absolute atomic E-state index is 0.275. The van der Waals surface area contributed by atoms with Gasteiger partial charge in [-0.2, -0.15) is 0 Å². The number of carbonyl (C=O) groups excluding carboxylic acids is 1. The number of nitrogens with one attached hydrogen (secondary N) is 1. The summed E-state index contributed by atoms with van der Waals surface area (Å²) in [7, 11) is 3.55. The van der Waals surface area contributed by atoms with E-state index in [1.807, 2.05) is 18.2 Å². The average Bonchev–Trinajstić information content (AvgIpc) is 2.65. The SMILES string of the molecule is COC(=O)c1ccc2c(c1)N(C)CC1(CCCCC1)CN2. The van der Waals surface area contributed by atoms with Gasteiger partial charge in [-0.1, -0.05) is 19.3 Å². The minimum atomic E-state index is -0.275. The number of rotatable bonds is 1. The fourth-order valence-corrected chi connectivity index (χ4v) is 3.81. The van der Waals surface area contributed by atoms with Crippen LogP contribution >= 0.6 is 0 Å². The Bertz CT molecular complexity index is 536. The van der Waals surface area contributed by atoms with Crippen LogP contribution in [0.25, 0.3) is 0 Å². The van der Waals surface area contributed by atoms with Gasteiger partial charge < -0.3 is 15.0 Å². The van der Waals surface area contributed by atoms with E-state index in [1.54, 1.807) is 0 Å². The number of fused-ring (bicyclic) bond motifs is 1. The van der Waals surface area contributed by atoms with Crippen LogP contribution in [0.1, 0.15) is 42.5 Å². The van der Waals surface area contributed by atoms with Crippen molar-refractivity contribution in [1.82, 2.24) is 0 Å². The molecule has 1 heterocycles. The predicted octanol–water partition coefficient (Wildman–Crippen LogP) is 3.29. The van der Waals surface area contributed by atoms with Crippen LogP contribution in [-0.2, 0) is 4.74 Å². The lowest BCUT2D eigenvalue weighted by Gasteiger charge is -2.38. The fraction of sp³-hybridized carbons (Fsp3) is 0.588. The Morgan fingerprint density at radius 3 is 2.76 bits per heavy atom. The Morgan fingerprint density at radius 2 is 2.05 bits per heavy atom. The molecule has 0 atom stereocenters. The number of esters is 1. The third kappa shape index (κ3) is 2.71. The van der Waals surface area contributed by atoms with Crippen LogP contribution in [0.5, 0.6) is 0 Å². The van der Waals surface area contributed by atoms with E-state index in [0.717, 1.165) is 24.5 Å². The second-order valence-corrected chi connectivity index (χ2v) is 6.49. The van der Waals surface area contributed by atoms with Crippen molar-refractivity contribution in [2.45, 2.75) is 32.1 Å². The first-order valence-electron chi connectivity index (χ1n) is 7.81. The van der Waals surface area contributed by atoms with Crippen LogP contribution < -0.4 is 10.2 Å². The normalized spacial score (nSPS) is 20.4. The van der Waals surface area contributed by atoms with Gasteiger partial charge in [0.05, 0.1) is 24.0 Å². The lowest BCUT2D eigenvalue weighted by Crippen LogP contribution is -2.40. The molecule has 1 aromatic carbocycles. The van der Waals surface area contributed by atoms with E-state index in [0.29, 0.717) is 11.0 Å². The zero-order chi connectivity index (χ0) is 14.9. The summed E-state index contributed by atoms with van der Waals surface area (Å²) >= 11 is 0. The maximum absolute atomic E-state index is 11.7. The molecule has 3 rings (SSSR count). The number of carbonyl (C=O) groups is 1. The molecule has 0 saturated heterocycles. The number of nitrogens with zero attached hydrogens (tertiary/aromatic N) is 1. The molecule has 0 amide bonds. The Kier molecular flexibility index (Phi) is 3.79. The smallest absolute Gasteiger partial charge is 0.337 e. The molecule has 0 bridgehead atoms. The molecule has 4 nitrogen and oxygen atoms in total. The van der Waals surface area contributed by atoms with Crippen molar-refractivity contribution in [1.29, 1.82) is 0 Å². The standard InChI is InChI=1S/C17H24N2O2/c1-19-12-17(8-4-3-5-9-17)11-18-14-7-6-13(10-15(14)19)16(20)21-2/h6-7,10,18H,3-5,8-9,11-12H2,1-2H3. The fourth-order valence-electron chi connectivity index (χ4n) is 3.81. The maximum Gasteiger partial charge on any atom is 0.337 e. The topological polar surface area (TPSA) is 41.6 Å². The van der Waals surface area contributed by atoms with Crippen molar-refractivity contribution < 1.29 is 9.53 Å². The quantitative estimate of drug-likeness (QED) is 0.805. The van der Waals surface area contributed by atoms with Gasteiger partial charge in [-0.05, 0) is 31.0 Å². The van der Waals surface area contributed by atoms with Gasteiger partial charge >= 0.3 is 5.97 Å². The highest BCUT2D eigenvalue weighted by Gasteiger charge is 2.35. The summed E-state index contributed by atoms with van der Waals surface area (Å²) in [5, 5.41) is 3.61. The van der Waals surface area contributed by atoms with Gasteiger partial charge in [0.1, 0.15) is 0 Å². The van der Waals surface area contributed by atoms with Gasteiger partial charge in [0.2, 0.25) is 0 Å². The lowest BCUT2D eigenvalue weighted by atomic mass is 9.74. The summed E-state index contributed by atoms with van der Waals surface area (Å²) in [6, 6.07) is 5.78. The minimum Gasteiger partial charge on any atom is -0.465 e. The van der Waals surface area contributed by atoms with Gasteiger partial charge in [-0.25, -0.2) is 4.79 Å². The highest BCUT2D eigenvalue weighted by Crippen LogP contribution is 2.41. The number of hydrogen-bond acceptors (Lipinski definition) is 4. The van der Waals surface area contributed by atoms with E-state index in [9.17, 15) is 4.79 Å². The predicted molar refractivity (Wildman–Crippen MR) is 85.1 cm³/mol. The van der Waals surface area contributed by atoms with Gasteiger partial charge in [-0.15, -0.1) is 0 Å². The van der Waals surface area contributed by atoms with E-state index in [4.69, 9.17) is 4.74 Å². The largest absolute Gasteiger partial charge is 0.465 e. The first kappa shape index (κ1) is 14.2. The highest BCUT2D eigenvalue weighted by atomic mass is 16.5. The lowest BCUT2D eigenvalue weighted by molar-refractivity contribution is 0.0601. The highest BCUT2D eigenvalue weighted by molar-refractivity contribution is 5.92. The number of hydrogen-bond donors (Lipinski definition) is 1. The third-order valence-corrected chi connectivity index (χ3v) is 4.97. The molecule has 1 fully saturated rings. The van der Waals surface area contributed by atoms with Crippen molar-refractivity contribution in [3.05, 3.63) is 23.8 Å². The number of anilines is 2. The van der Waals surface area contributed by atoms with Crippen LogP contribution in [0.4, 0.5) is 11.4 Å².